The largest absolute Gasteiger partial charge is 0.353 e. The lowest BCUT2D eigenvalue weighted by Crippen LogP contribution is -2.45. The summed E-state index contributed by atoms with van der Waals surface area (Å²) in [5.74, 6) is 5.36. The number of hydrogen-bond acceptors (Lipinski definition) is 6. The minimum Gasteiger partial charge on any atom is -0.353 e. The molecule has 1 aliphatic rings. The quantitative estimate of drug-likeness (QED) is 0.382. The van der Waals surface area contributed by atoms with Gasteiger partial charge < -0.3 is 9.80 Å². The zero-order chi connectivity index (χ0) is 12.3. The zero-order valence-corrected chi connectivity index (χ0v) is 9.76. The third-order valence-electron chi connectivity index (χ3n) is 2.81. The Labute approximate surface area is 99.6 Å². The molecule has 2 heterocycles. The summed E-state index contributed by atoms with van der Waals surface area (Å²) in [5.41, 5.74) is 2.29. The van der Waals surface area contributed by atoms with Crippen molar-refractivity contribution in [1.82, 2.24) is 20.3 Å². The molecular formula is C10H16N6O. The van der Waals surface area contributed by atoms with Crippen LogP contribution in [0.4, 0.5) is 5.82 Å². The third kappa shape index (κ3) is 2.69. The average Bonchev–Trinajstić information content (AvgIpc) is 2.39. The topological polar surface area (TPSA) is 87.4 Å². The minimum absolute atomic E-state index is 0.240. The molecule has 0 aromatic carbocycles. The number of aromatic nitrogens is 2. The highest BCUT2D eigenvalue weighted by Crippen LogP contribution is 2.12. The molecule has 1 amide bonds. The van der Waals surface area contributed by atoms with Crippen molar-refractivity contribution in [2.75, 3.05) is 38.1 Å². The van der Waals surface area contributed by atoms with Crippen molar-refractivity contribution >= 4 is 11.7 Å². The Kier molecular flexibility index (Phi) is 3.50. The Hall–Kier alpha value is -1.73. The zero-order valence-electron chi connectivity index (χ0n) is 9.76. The standard InChI is InChI=1S/C10H16N6O/c1-15-2-4-16(5-3-15)9-7-12-6-8(13-9)10(17)14-11/h6-7H,2-5,11H2,1H3,(H,14,17). The van der Waals surface area contributed by atoms with E-state index in [4.69, 9.17) is 5.84 Å². The maximum absolute atomic E-state index is 11.3. The molecule has 1 saturated heterocycles. The van der Waals surface area contributed by atoms with Crippen LogP contribution in [0.3, 0.4) is 0 Å². The van der Waals surface area contributed by atoms with Gasteiger partial charge in [-0.2, -0.15) is 0 Å². The number of hydrazine groups is 1. The number of nitrogens with two attached hydrogens (primary N) is 1. The van der Waals surface area contributed by atoms with Crippen LogP contribution in [0.5, 0.6) is 0 Å². The first-order chi connectivity index (χ1) is 8.20. The number of amides is 1. The molecule has 92 valence electrons. The fourth-order valence-electron chi connectivity index (χ4n) is 1.73. The van der Waals surface area contributed by atoms with Gasteiger partial charge in [-0.25, -0.2) is 10.8 Å². The van der Waals surface area contributed by atoms with Gasteiger partial charge in [0.1, 0.15) is 11.5 Å². The molecule has 7 nitrogen and oxygen atoms in total. The summed E-state index contributed by atoms with van der Waals surface area (Å²) in [6, 6.07) is 0. The molecule has 0 saturated carbocycles. The normalized spacial score (nSPS) is 16.9. The average molecular weight is 236 g/mol. The summed E-state index contributed by atoms with van der Waals surface area (Å²) in [7, 11) is 2.08. The lowest BCUT2D eigenvalue weighted by molar-refractivity contribution is 0.0948. The van der Waals surface area contributed by atoms with E-state index in [1.54, 1.807) is 6.20 Å². The van der Waals surface area contributed by atoms with Crippen molar-refractivity contribution in [2.24, 2.45) is 5.84 Å². The number of carbonyl (C=O) groups is 1. The van der Waals surface area contributed by atoms with Gasteiger partial charge in [-0.05, 0) is 7.05 Å². The smallest absolute Gasteiger partial charge is 0.285 e. The molecule has 1 aromatic heterocycles. The number of anilines is 1. The van der Waals surface area contributed by atoms with Crippen molar-refractivity contribution in [2.45, 2.75) is 0 Å². The summed E-state index contributed by atoms with van der Waals surface area (Å²) in [6.07, 6.45) is 3.07. The van der Waals surface area contributed by atoms with E-state index in [1.165, 1.54) is 6.20 Å². The highest BCUT2D eigenvalue weighted by atomic mass is 16.2. The van der Waals surface area contributed by atoms with Crippen molar-refractivity contribution < 1.29 is 4.79 Å². The molecule has 1 aliphatic heterocycles. The molecule has 0 aliphatic carbocycles. The van der Waals surface area contributed by atoms with Crippen LogP contribution in [0.2, 0.25) is 0 Å². The van der Waals surface area contributed by atoms with Crippen LogP contribution in [0.25, 0.3) is 0 Å². The van der Waals surface area contributed by atoms with E-state index in [1.807, 2.05) is 0 Å². The molecule has 0 atom stereocenters. The van der Waals surface area contributed by atoms with E-state index in [-0.39, 0.29) is 5.69 Å². The molecule has 0 bridgehead atoms. The van der Waals surface area contributed by atoms with Gasteiger partial charge >= 0.3 is 0 Å². The summed E-state index contributed by atoms with van der Waals surface area (Å²) in [6.45, 7) is 3.74. The fourth-order valence-corrected chi connectivity index (χ4v) is 1.73. The van der Waals surface area contributed by atoms with Crippen molar-refractivity contribution in [1.29, 1.82) is 0 Å². The Bertz CT molecular complexity index is 402. The predicted octanol–water partition coefficient (Wildman–Crippen LogP) is -1.17. The Morgan fingerprint density at radius 3 is 2.71 bits per heavy atom. The molecule has 2 rings (SSSR count). The fraction of sp³-hybridized carbons (Fsp3) is 0.500. The number of nitrogens with one attached hydrogen (secondary N) is 1. The number of likely N-dealkylation sites (N-methyl/N-ethyl adjacent to an activating group) is 1. The second kappa shape index (κ2) is 5.07. The number of rotatable bonds is 2. The van der Waals surface area contributed by atoms with Gasteiger partial charge in [0, 0.05) is 26.2 Å². The molecule has 0 radical (unpaired) electrons. The first kappa shape index (κ1) is 11.7. The molecule has 1 aromatic rings. The Morgan fingerprint density at radius 2 is 2.06 bits per heavy atom. The Morgan fingerprint density at radius 1 is 1.35 bits per heavy atom. The van der Waals surface area contributed by atoms with Gasteiger partial charge in [0.15, 0.2) is 0 Å². The minimum atomic E-state index is -0.423. The maximum Gasteiger partial charge on any atom is 0.285 e. The second-order valence-corrected chi connectivity index (χ2v) is 4.03. The van der Waals surface area contributed by atoms with E-state index >= 15 is 0 Å². The summed E-state index contributed by atoms with van der Waals surface area (Å²) in [5, 5.41) is 0. The number of hydrogen-bond donors (Lipinski definition) is 2. The van der Waals surface area contributed by atoms with Gasteiger partial charge in [-0.1, -0.05) is 0 Å². The lowest BCUT2D eigenvalue weighted by atomic mass is 10.3. The number of nitrogen functional groups attached to an aromatic ring is 1. The van der Waals surface area contributed by atoms with Crippen molar-refractivity contribution in [3.8, 4) is 0 Å². The van der Waals surface area contributed by atoms with Crippen molar-refractivity contribution in [3.05, 3.63) is 18.1 Å². The highest BCUT2D eigenvalue weighted by molar-refractivity contribution is 5.91. The van der Waals surface area contributed by atoms with Crippen LogP contribution >= 0.6 is 0 Å². The van der Waals surface area contributed by atoms with E-state index in [0.717, 1.165) is 32.0 Å². The van der Waals surface area contributed by atoms with Crippen LogP contribution < -0.4 is 16.2 Å². The summed E-state index contributed by atoms with van der Waals surface area (Å²) in [4.78, 5) is 24.0. The summed E-state index contributed by atoms with van der Waals surface area (Å²) < 4.78 is 0. The monoisotopic (exact) mass is 236 g/mol. The van der Waals surface area contributed by atoms with E-state index in [2.05, 4.69) is 32.2 Å². The first-order valence-electron chi connectivity index (χ1n) is 5.47. The van der Waals surface area contributed by atoms with Gasteiger partial charge in [0.05, 0.1) is 12.4 Å². The van der Waals surface area contributed by atoms with E-state index < -0.39 is 5.91 Å². The van der Waals surface area contributed by atoms with Gasteiger partial charge in [-0.15, -0.1) is 0 Å². The molecule has 7 heteroatoms. The molecular weight excluding hydrogens is 220 g/mol. The van der Waals surface area contributed by atoms with Gasteiger partial charge in [0.25, 0.3) is 5.91 Å². The number of piperazine rings is 1. The maximum atomic E-state index is 11.3. The number of nitrogens with zero attached hydrogens (tertiary/aromatic N) is 4. The molecule has 0 spiro atoms. The predicted molar refractivity (Wildman–Crippen MR) is 63.4 cm³/mol. The Balaban J connectivity index is 2.13. The van der Waals surface area contributed by atoms with E-state index in [9.17, 15) is 4.79 Å². The first-order valence-corrected chi connectivity index (χ1v) is 5.47. The van der Waals surface area contributed by atoms with Crippen LogP contribution in [-0.2, 0) is 0 Å². The lowest BCUT2D eigenvalue weighted by Gasteiger charge is -2.33. The molecule has 0 unspecified atom stereocenters. The van der Waals surface area contributed by atoms with E-state index in [0.29, 0.717) is 0 Å². The highest BCUT2D eigenvalue weighted by Gasteiger charge is 2.16. The summed E-state index contributed by atoms with van der Waals surface area (Å²) >= 11 is 0. The van der Waals surface area contributed by atoms with Gasteiger partial charge in [0.2, 0.25) is 0 Å². The second-order valence-electron chi connectivity index (χ2n) is 4.03. The van der Waals surface area contributed by atoms with Crippen LogP contribution in [0.1, 0.15) is 10.5 Å². The SMILES string of the molecule is CN1CCN(c2cncc(C(=O)NN)n2)CC1. The molecule has 3 N–H and O–H groups in total. The third-order valence-corrected chi connectivity index (χ3v) is 2.81. The van der Waals surface area contributed by atoms with Crippen LogP contribution in [0, 0.1) is 0 Å². The van der Waals surface area contributed by atoms with Crippen LogP contribution in [0.15, 0.2) is 12.4 Å². The molecule has 1 fully saturated rings. The van der Waals surface area contributed by atoms with Gasteiger partial charge in [-0.3, -0.25) is 15.2 Å². The van der Waals surface area contributed by atoms with Crippen molar-refractivity contribution in [3.63, 3.8) is 0 Å². The van der Waals surface area contributed by atoms with Crippen LogP contribution in [-0.4, -0.2) is 54.0 Å². The number of carbonyl (C=O) groups excluding carboxylic acids is 1. The molecule has 17 heavy (non-hydrogen) atoms.